The quantitative estimate of drug-likeness (QED) is 0.754. The number of carbonyl (C=O) groups excluding carboxylic acids is 1. The zero-order valence-corrected chi connectivity index (χ0v) is 9.62. The number of thioether (sulfide) groups is 1. The summed E-state index contributed by atoms with van der Waals surface area (Å²) in [4.78, 5) is 13.0. The summed E-state index contributed by atoms with van der Waals surface area (Å²) in [5.41, 5.74) is 0.686. The lowest BCUT2D eigenvalue weighted by atomic mass is 10.1. The molecule has 1 aliphatic carbocycles. The van der Waals surface area contributed by atoms with Crippen molar-refractivity contribution in [1.82, 2.24) is 0 Å². The Kier molecular flexibility index (Phi) is 2.01. The van der Waals surface area contributed by atoms with Gasteiger partial charge in [0.2, 0.25) is 5.91 Å². The normalized spacial score (nSPS) is 21.8. The highest BCUT2D eigenvalue weighted by molar-refractivity contribution is 7.99. The molecule has 4 heteroatoms. The van der Waals surface area contributed by atoms with Crippen molar-refractivity contribution in [1.29, 1.82) is 0 Å². The second kappa shape index (κ2) is 3.16. The van der Waals surface area contributed by atoms with Gasteiger partial charge in [-0.3, -0.25) is 4.79 Å². The number of hydrogen-bond acceptors (Lipinski definition) is 2. The van der Waals surface area contributed by atoms with Crippen LogP contribution in [-0.2, 0) is 4.79 Å². The molecule has 0 atom stereocenters. The van der Waals surface area contributed by atoms with Gasteiger partial charge in [-0.2, -0.15) is 0 Å². The molecular formula is C11H10ClNOS. The number of nitrogens with one attached hydrogen (secondary N) is 1. The number of amides is 1. The number of rotatable bonds is 0. The van der Waals surface area contributed by atoms with E-state index in [0.29, 0.717) is 5.02 Å². The third-order valence-electron chi connectivity index (χ3n) is 3.05. The summed E-state index contributed by atoms with van der Waals surface area (Å²) >= 11 is 7.79. The van der Waals surface area contributed by atoms with Gasteiger partial charge in [0.25, 0.3) is 0 Å². The molecule has 1 aromatic carbocycles. The molecule has 1 fully saturated rings. The summed E-state index contributed by atoms with van der Waals surface area (Å²) in [6, 6.07) is 5.74. The lowest BCUT2D eigenvalue weighted by Gasteiger charge is -2.09. The van der Waals surface area contributed by atoms with Crippen LogP contribution in [0.3, 0.4) is 0 Å². The molecule has 1 aromatic rings. The van der Waals surface area contributed by atoms with Crippen molar-refractivity contribution < 1.29 is 4.79 Å². The first-order valence-corrected chi connectivity index (χ1v) is 6.30. The van der Waals surface area contributed by atoms with Crippen LogP contribution in [0.4, 0.5) is 5.69 Å². The molecule has 0 saturated heterocycles. The molecule has 0 bridgehead atoms. The van der Waals surface area contributed by atoms with Crippen LogP contribution < -0.4 is 5.32 Å². The summed E-state index contributed by atoms with van der Waals surface area (Å²) in [5.74, 6) is 1.02. The number of fused-ring (bicyclic) bond motifs is 1. The van der Waals surface area contributed by atoms with E-state index in [-0.39, 0.29) is 11.3 Å². The smallest absolute Gasteiger partial charge is 0.231 e. The molecule has 0 aromatic heterocycles. The Bertz CT molecular complexity index is 442. The SMILES string of the molecule is O=C1Nc2c(Cl)cccc2SCC12CC2. The molecule has 1 heterocycles. The van der Waals surface area contributed by atoms with E-state index in [2.05, 4.69) is 5.32 Å². The zero-order chi connectivity index (χ0) is 10.5. The molecule has 1 spiro atoms. The van der Waals surface area contributed by atoms with Gasteiger partial charge < -0.3 is 5.32 Å². The van der Waals surface area contributed by atoms with Crippen LogP contribution in [0.2, 0.25) is 5.02 Å². The van der Waals surface area contributed by atoms with E-state index in [1.165, 1.54) is 0 Å². The van der Waals surface area contributed by atoms with Crippen LogP contribution in [0.25, 0.3) is 0 Å². The van der Waals surface area contributed by atoms with Crippen LogP contribution in [-0.4, -0.2) is 11.7 Å². The van der Waals surface area contributed by atoms with E-state index in [4.69, 9.17) is 11.6 Å². The molecule has 2 aliphatic rings. The number of hydrogen-bond donors (Lipinski definition) is 1. The Hall–Kier alpha value is -0.670. The van der Waals surface area contributed by atoms with Crippen molar-refractivity contribution in [3.63, 3.8) is 0 Å². The van der Waals surface area contributed by atoms with Gasteiger partial charge in [-0.05, 0) is 25.0 Å². The van der Waals surface area contributed by atoms with E-state index in [1.54, 1.807) is 11.8 Å². The van der Waals surface area contributed by atoms with Gasteiger partial charge in [0, 0.05) is 10.6 Å². The number of halogens is 1. The van der Waals surface area contributed by atoms with Gasteiger partial charge in [-0.15, -0.1) is 11.8 Å². The van der Waals surface area contributed by atoms with Crippen molar-refractivity contribution in [3.05, 3.63) is 23.2 Å². The molecule has 3 rings (SSSR count). The lowest BCUT2D eigenvalue weighted by molar-refractivity contribution is -0.120. The Morgan fingerprint density at radius 1 is 1.40 bits per heavy atom. The van der Waals surface area contributed by atoms with Gasteiger partial charge in [-0.1, -0.05) is 17.7 Å². The van der Waals surface area contributed by atoms with Gasteiger partial charge >= 0.3 is 0 Å². The molecule has 2 nitrogen and oxygen atoms in total. The minimum Gasteiger partial charge on any atom is -0.323 e. The second-order valence-corrected chi connectivity index (χ2v) is 5.56. The maximum Gasteiger partial charge on any atom is 0.231 e. The Balaban J connectivity index is 2.04. The molecule has 0 unspecified atom stereocenters. The molecule has 15 heavy (non-hydrogen) atoms. The van der Waals surface area contributed by atoms with Gasteiger partial charge in [0.05, 0.1) is 16.1 Å². The number of benzene rings is 1. The summed E-state index contributed by atoms with van der Waals surface area (Å²) in [6.07, 6.45) is 2.02. The number of anilines is 1. The third-order valence-corrected chi connectivity index (χ3v) is 4.72. The molecule has 1 amide bonds. The first-order valence-electron chi connectivity index (χ1n) is 4.94. The van der Waals surface area contributed by atoms with Gasteiger partial charge in [0.1, 0.15) is 0 Å². The highest BCUT2D eigenvalue weighted by Gasteiger charge is 2.51. The maximum absolute atomic E-state index is 11.9. The van der Waals surface area contributed by atoms with E-state index in [1.807, 2.05) is 18.2 Å². The monoisotopic (exact) mass is 239 g/mol. The van der Waals surface area contributed by atoms with E-state index < -0.39 is 0 Å². The number of para-hydroxylation sites is 1. The van der Waals surface area contributed by atoms with E-state index >= 15 is 0 Å². The standard InChI is InChI=1S/C11H10ClNOS/c12-7-2-1-3-8-9(7)13-10(14)11(4-5-11)6-15-8/h1-3H,4-6H2,(H,13,14). The summed E-state index contributed by atoms with van der Waals surface area (Å²) < 4.78 is 0. The molecule has 1 aliphatic heterocycles. The fourth-order valence-electron chi connectivity index (χ4n) is 1.80. The molecule has 1 N–H and O–H groups in total. The minimum absolute atomic E-state index is 0.104. The van der Waals surface area contributed by atoms with E-state index in [0.717, 1.165) is 29.2 Å². The molecular weight excluding hydrogens is 230 g/mol. The summed E-state index contributed by atoms with van der Waals surface area (Å²) in [6.45, 7) is 0. The maximum atomic E-state index is 11.9. The van der Waals surface area contributed by atoms with Crippen LogP contribution in [0.5, 0.6) is 0 Å². The van der Waals surface area contributed by atoms with Crippen LogP contribution in [0.15, 0.2) is 23.1 Å². The number of carbonyl (C=O) groups is 1. The highest BCUT2D eigenvalue weighted by Crippen LogP contribution is 2.53. The predicted octanol–water partition coefficient (Wildman–Crippen LogP) is 3.16. The Morgan fingerprint density at radius 2 is 2.20 bits per heavy atom. The van der Waals surface area contributed by atoms with Crippen LogP contribution in [0.1, 0.15) is 12.8 Å². The average Bonchev–Trinajstić information content (AvgIpc) is 3.00. The molecule has 0 radical (unpaired) electrons. The fraction of sp³-hybridized carbons (Fsp3) is 0.364. The minimum atomic E-state index is -0.104. The first-order chi connectivity index (χ1) is 7.21. The topological polar surface area (TPSA) is 29.1 Å². The summed E-state index contributed by atoms with van der Waals surface area (Å²) in [5, 5.41) is 3.58. The van der Waals surface area contributed by atoms with Gasteiger partial charge in [-0.25, -0.2) is 0 Å². The lowest BCUT2D eigenvalue weighted by Crippen LogP contribution is -2.24. The van der Waals surface area contributed by atoms with E-state index in [9.17, 15) is 4.79 Å². The fourth-order valence-corrected chi connectivity index (χ4v) is 3.41. The Labute approximate surface area is 97.4 Å². The van der Waals surface area contributed by atoms with Crippen LogP contribution >= 0.6 is 23.4 Å². The third kappa shape index (κ3) is 1.45. The first kappa shape index (κ1) is 9.55. The predicted molar refractivity (Wildman–Crippen MR) is 62.5 cm³/mol. The second-order valence-electron chi connectivity index (χ2n) is 4.14. The molecule has 78 valence electrons. The molecule has 1 saturated carbocycles. The van der Waals surface area contributed by atoms with Crippen molar-refractivity contribution in [2.75, 3.05) is 11.1 Å². The highest BCUT2D eigenvalue weighted by atomic mass is 35.5. The van der Waals surface area contributed by atoms with Crippen molar-refractivity contribution in [2.24, 2.45) is 5.41 Å². The average molecular weight is 240 g/mol. The summed E-state index contributed by atoms with van der Waals surface area (Å²) in [7, 11) is 0. The zero-order valence-electron chi connectivity index (χ0n) is 8.05. The van der Waals surface area contributed by atoms with Crippen molar-refractivity contribution in [2.45, 2.75) is 17.7 Å². The Morgan fingerprint density at radius 3 is 2.93 bits per heavy atom. The van der Waals surface area contributed by atoms with Crippen LogP contribution in [0, 0.1) is 5.41 Å². The van der Waals surface area contributed by atoms with Crippen molar-refractivity contribution >= 4 is 35.0 Å². The largest absolute Gasteiger partial charge is 0.323 e. The van der Waals surface area contributed by atoms with Crippen molar-refractivity contribution in [3.8, 4) is 0 Å². The van der Waals surface area contributed by atoms with Gasteiger partial charge in [0.15, 0.2) is 0 Å².